The van der Waals surface area contributed by atoms with Crippen molar-refractivity contribution in [3.05, 3.63) is 59.1 Å². The van der Waals surface area contributed by atoms with Crippen LogP contribution in [-0.2, 0) is 11.3 Å². The number of nitrogens with one attached hydrogen (secondary N) is 2. The Bertz CT molecular complexity index is 903. The van der Waals surface area contributed by atoms with Gasteiger partial charge in [0, 0.05) is 57.0 Å². The van der Waals surface area contributed by atoms with E-state index in [1.165, 1.54) is 0 Å². The second-order valence-corrected chi connectivity index (χ2v) is 7.68. The van der Waals surface area contributed by atoms with E-state index in [0.29, 0.717) is 18.8 Å². The molecule has 1 fully saturated rings. The zero-order chi connectivity index (χ0) is 22.1. The number of ether oxygens (including phenoxy) is 1. The summed E-state index contributed by atoms with van der Waals surface area (Å²) < 4.78 is 5.58. The van der Waals surface area contributed by atoms with Crippen LogP contribution in [0.15, 0.2) is 53.5 Å². The Morgan fingerprint density at radius 2 is 1.84 bits per heavy atom. The molecule has 1 saturated heterocycles. The van der Waals surface area contributed by atoms with Crippen molar-refractivity contribution >= 4 is 53.1 Å². The summed E-state index contributed by atoms with van der Waals surface area (Å²) in [6, 6.07) is 15.7. The second-order valence-electron chi connectivity index (χ2n) is 7.24. The molecule has 32 heavy (non-hydrogen) atoms. The third-order valence-corrected chi connectivity index (χ3v) is 5.29. The van der Waals surface area contributed by atoms with Crippen LogP contribution in [0.4, 0.5) is 5.69 Å². The smallest absolute Gasteiger partial charge is 0.257 e. The van der Waals surface area contributed by atoms with Crippen molar-refractivity contribution in [2.45, 2.75) is 13.5 Å². The number of anilines is 1. The number of carbonyl (C=O) groups is 1. The van der Waals surface area contributed by atoms with Crippen molar-refractivity contribution in [1.29, 1.82) is 0 Å². The molecule has 0 spiro atoms. The predicted molar refractivity (Wildman–Crippen MR) is 141 cm³/mol. The maximum Gasteiger partial charge on any atom is 0.257 e. The zero-order valence-corrected chi connectivity index (χ0v) is 21.6. The average Bonchev–Trinajstić information content (AvgIpc) is 2.79. The predicted octanol–water partition coefficient (Wildman–Crippen LogP) is 3.37. The van der Waals surface area contributed by atoms with Crippen molar-refractivity contribution < 1.29 is 9.53 Å². The van der Waals surface area contributed by atoms with Gasteiger partial charge in [0.2, 0.25) is 0 Å². The van der Waals surface area contributed by atoms with Crippen LogP contribution >= 0.6 is 35.6 Å². The van der Waals surface area contributed by atoms with E-state index in [2.05, 4.69) is 31.5 Å². The summed E-state index contributed by atoms with van der Waals surface area (Å²) in [5.74, 6) is 1.43. The van der Waals surface area contributed by atoms with Crippen LogP contribution < -0.4 is 20.3 Å². The van der Waals surface area contributed by atoms with E-state index in [1.807, 2.05) is 49.4 Å². The average molecular weight is 572 g/mol. The maximum absolute atomic E-state index is 11.6. The lowest BCUT2D eigenvalue weighted by Crippen LogP contribution is -2.52. The lowest BCUT2D eigenvalue weighted by atomic mass is 10.2. The Balaban J connectivity index is 0.00000363. The molecule has 2 aromatic rings. The fraction of sp³-hybridized carbons (Fsp3) is 0.391. The highest BCUT2D eigenvalue weighted by atomic mass is 127. The lowest BCUT2D eigenvalue weighted by molar-refractivity contribution is -0.122. The number of aliphatic imine (C=N–C) groups is 1. The van der Waals surface area contributed by atoms with Gasteiger partial charge in [0.05, 0.1) is 0 Å². The number of likely N-dealkylation sites (N-methyl/N-ethyl adjacent to an activating group) is 1. The van der Waals surface area contributed by atoms with E-state index in [1.54, 1.807) is 7.05 Å². The molecule has 1 heterocycles. The van der Waals surface area contributed by atoms with Gasteiger partial charge in [-0.05, 0) is 42.8 Å². The molecule has 9 heteroatoms. The molecular weight excluding hydrogens is 541 g/mol. The largest absolute Gasteiger partial charge is 0.484 e. The van der Waals surface area contributed by atoms with Gasteiger partial charge in [-0.2, -0.15) is 0 Å². The summed E-state index contributed by atoms with van der Waals surface area (Å²) in [4.78, 5) is 20.6. The van der Waals surface area contributed by atoms with Crippen molar-refractivity contribution in [2.24, 2.45) is 4.99 Å². The number of halogens is 2. The topological polar surface area (TPSA) is 69.2 Å². The molecule has 7 nitrogen and oxygen atoms in total. The first-order chi connectivity index (χ1) is 15.1. The molecule has 0 atom stereocenters. The minimum atomic E-state index is -0.122. The quantitative estimate of drug-likeness (QED) is 0.303. The molecule has 0 unspecified atom stereocenters. The Morgan fingerprint density at radius 3 is 2.53 bits per heavy atom. The van der Waals surface area contributed by atoms with E-state index in [0.717, 1.165) is 48.4 Å². The van der Waals surface area contributed by atoms with Crippen molar-refractivity contribution in [3.63, 3.8) is 0 Å². The standard InChI is InChI=1S/C23H30ClN5O2.HI/c1-3-26-22(30)17-31-21-9-4-6-18(14-21)16-27-23(25-2)29-12-10-28(11-13-29)20-8-5-7-19(24)15-20;/h4-9,14-15H,3,10-13,16-17H2,1-2H3,(H,25,27)(H,26,30);1H. The number of benzene rings is 2. The summed E-state index contributed by atoms with van der Waals surface area (Å²) in [6.07, 6.45) is 0. The normalized spacial score (nSPS) is 13.9. The van der Waals surface area contributed by atoms with Gasteiger partial charge in [-0.1, -0.05) is 29.8 Å². The van der Waals surface area contributed by atoms with E-state index in [9.17, 15) is 4.79 Å². The molecule has 0 bridgehead atoms. The van der Waals surface area contributed by atoms with Gasteiger partial charge < -0.3 is 25.2 Å². The number of carbonyl (C=O) groups excluding carboxylic acids is 1. The molecule has 1 amide bonds. The third kappa shape index (κ3) is 7.74. The Kier molecular flexibility index (Phi) is 10.9. The van der Waals surface area contributed by atoms with Crippen molar-refractivity contribution in [3.8, 4) is 5.75 Å². The first-order valence-electron chi connectivity index (χ1n) is 10.5. The minimum Gasteiger partial charge on any atom is -0.484 e. The minimum absolute atomic E-state index is 0. The van der Waals surface area contributed by atoms with Gasteiger partial charge in [0.1, 0.15) is 5.75 Å². The third-order valence-electron chi connectivity index (χ3n) is 5.06. The Labute approximate surface area is 212 Å². The van der Waals surface area contributed by atoms with Crippen molar-refractivity contribution in [1.82, 2.24) is 15.5 Å². The van der Waals surface area contributed by atoms with Crippen LogP contribution in [0.2, 0.25) is 5.02 Å². The van der Waals surface area contributed by atoms with Crippen LogP contribution in [0, 0.1) is 0 Å². The van der Waals surface area contributed by atoms with Crippen LogP contribution in [0.25, 0.3) is 0 Å². The molecular formula is C23H31ClIN5O2. The fourth-order valence-electron chi connectivity index (χ4n) is 3.50. The SMILES string of the molecule is CCNC(=O)COc1cccc(CNC(=NC)N2CCN(c3cccc(Cl)c3)CC2)c1.I. The number of piperazine rings is 1. The molecule has 0 saturated carbocycles. The van der Waals surface area contributed by atoms with E-state index >= 15 is 0 Å². The molecule has 1 aliphatic heterocycles. The zero-order valence-electron chi connectivity index (χ0n) is 18.5. The lowest BCUT2D eigenvalue weighted by Gasteiger charge is -2.37. The summed E-state index contributed by atoms with van der Waals surface area (Å²) in [6.45, 7) is 6.69. The molecule has 1 aliphatic rings. The van der Waals surface area contributed by atoms with E-state index < -0.39 is 0 Å². The van der Waals surface area contributed by atoms with E-state index in [4.69, 9.17) is 16.3 Å². The summed E-state index contributed by atoms with van der Waals surface area (Å²) in [7, 11) is 1.80. The number of guanidine groups is 1. The molecule has 2 aromatic carbocycles. The van der Waals surface area contributed by atoms with E-state index in [-0.39, 0.29) is 36.5 Å². The number of amides is 1. The van der Waals surface area contributed by atoms with Gasteiger partial charge in [-0.15, -0.1) is 24.0 Å². The van der Waals surface area contributed by atoms with Gasteiger partial charge in [0.25, 0.3) is 5.91 Å². The van der Waals surface area contributed by atoms with Crippen LogP contribution in [0.1, 0.15) is 12.5 Å². The number of hydrogen-bond donors (Lipinski definition) is 2. The molecule has 0 aliphatic carbocycles. The van der Waals surface area contributed by atoms with Gasteiger partial charge in [-0.3, -0.25) is 9.79 Å². The first-order valence-corrected chi connectivity index (χ1v) is 10.9. The monoisotopic (exact) mass is 571 g/mol. The molecule has 3 rings (SSSR count). The summed E-state index contributed by atoms with van der Waals surface area (Å²) in [5.41, 5.74) is 2.21. The maximum atomic E-state index is 11.6. The summed E-state index contributed by atoms with van der Waals surface area (Å²) in [5, 5.41) is 6.92. The Hall–Kier alpha value is -2.20. The van der Waals surface area contributed by atoms with Gasteiger partial charge in [0.15, 0.2) is 12.6 Å². The number of rotatable bonds is 7. The molecule has 2 N–H and O–H groups in total. The highest BCUT2D eigenvalue weighted by Crippen LogP contribution is 2.21. The number of nitrogens with zero attached hydrogens (tertiary/aromatic N) is 3. The van der Waals surface area contributed by atoms with Gasteiger partial charge >= 0.3 is 0 Å². The van der Waals surface area contributed by atoms with Crippen molar-refractivity contribution in [2.75, 3.05) is 51.3 Å². The number of hydrogen-bond acceptors (Lipinski definition) is 4. The summed E-state index contributed by atoms with van der Waals surface area (Å²) >= 11 is 6.13. The van der Waals surface area contributed by atoms with Crippen LogP contribution in [-0.4, -0.2) is 63.1 Å². The molecule has 0 radical (unpaired) electrons. The highest BCUT2D eigenvalue weighted by molar-refractivity contribution is 14.0. The second kappa shape index (κ2) is 13.4. The van der Waals surface area contributed by atoms with Crippen LogP contribution in [0.3, 0.4) is 0 Å². The first kappa shape index (κ1) is 26.1. The molecule has 174 valence electrons. The fourth-order valence-corrected chi connectivity index (χ4v) is 3.69. The van der Waals surface area contributed by atoms with Crippen LogP contribution in [0.5, 0.6) is 5.75 Å². The van der Waals surface area contributed by atoms with Gasteiger partial charge in [-0.25, -0.2) is 0 Å². The Morgan fingerprint density at radius 1 is 1.09 bits per heavy atom. The highest BCUT2D eigenvalue weighted by Gasteiger charge is 2.20. The molecule has 0 aromatic heterocycles.